The third-order valence-corrected chi connectivity index (χ3v) is 5.62. The lowest BCUT2D eigenvalue weighted by atomic mass is 9.85. The maximum Gasteiger partial charge on any atom is 0.410 e. The van der Waals surface area contributed by atoms with Crippen molar-refractivity contribution < 1.29 is 14.3 Å². The number of carbonyl (C=O) groups is 2. The number of ketones is 1. The summed E-state index contributed by atoms with van der Waals surface area (Å²) in [6.07, 6.45) is 4.73. The lowest BCUT2D eigenvalue weighted by molar-refractivity contribution is 0.00252. The molecule has 1 aromatic carbocycles. The first-order valence-electron chi connectivity index (χ1n) is 9.73. The van der Waals surface area contributed by atoms with Gasteiger partial charge in [-0.2, -0.15) is 0 Å². The number of Topliss-reactive ketones (excluding diaryl/α,β-unsaturated/α-hetero) is 1. The van der Waals surface area contributed by atoms with Gasteiger partial charge >= 0.3 is 6.09 Å². The van der Waals surface area contributed by atoms with Crippen molar-refractivity contribution in [3.63, 3.8) is 0 Å². The third-order valence-electron chi connectivity index (χ3n) is 5.62. The van der Waals surface area contributed by atoms with Crippen molar-refractivity contribution in [2.75, 3.05) is 0 Å². The van der Waals surface area contributed by atoms with Gasteiger partial charge < -0.3 is 9.64 Å². The van der Waals surface area contributed by atoms with Gasteiger partial charge in [0.1, 0.15) is 11.3 Å². The molecule has 2 bridgehead atoms. The fourth-order valence-corrected chi connectivity index (χ4v) is 4.51. The lowest BCUT2D eigenvalue weighted by Gasteiger charge is -2.39. The molecule has 2 aliphatic heterocycles. The highest BCUT2D eigenvalue weighted by molar-refractivity contribution is 6.07. The van der Waals surface area contributed by atoms with Crippen molar-refractivity contribution in [2.45, 2.75) is 64.1 Å². The SMILES string of the molecule is CC(C)(C)OC(=O)N1C2CCC1CC(C(=O)c1nccc3ccccc13)C2. The minimum Gasteiger partial charge on any atom is -0.444 e. The molecule has 1 aromatic heterocycles. The Kier molecular flexibility index (Phi) is 4.41. The molecule has 1 amide bonds. The van der Waals surface area contributed by atoms with Gasteiger partial charge in [0.15, 0.2) is 5.78 Å². The van der Waals surface area contributed by atoms with Gasteiger partial charge in [0.25, 0.3) is 0 Å². The van der Waals surface area contributed by atoms with Crippen molar-refractivity contribution in [3.8, 4) is 0 Å². The highest BCUT2D eigenvalue weighted by Crippen LogP contribution is 2.41. The van der Waals surface area contributed by atoms with Gasteiger partial charge in [-0.25, -0.2) is 4.79 Å². The van der Waals surface area contributed by atoms with Crippen LogP contribution in [0.15, 0.2) is 36.5 Å². The number of amides is 1. The van der Waals surface area contributed by atoms with E-state index in [2.05, 4.69) is 4.98 Å². The second-order valence-electron chi connectivity index (χ2n) is 8.69. The van der Waals surface area contributed by atoms with Crippen LogP contribution < -0.4 is 0 Å². The number of benzene rings is 1. The van der Waals surface area contributed by atoms with Crippen molar-refractivity contribution in [3.05, 3.63) is 42.2 Å². The third kappa shape index (κ3) is 3.43. The number of rotatable bonds is 2. The summed E-state index contributed by atoms with van der Waals surface area (Å²) in [7, 11) is 0. The number of hydrogen-bond donors (Lipinski definition) is 0. The number of aromatic nitrogens is 1. The van der Waals surface area contributed by atoms with Crippen LogP contribution in [0.1, 0.15) is 56.9 Å². The smallest absolute Gasteiger partial charge is 0.410 e. The first-order chi connectivity index (χ1) is 12.8. The number of pyridine rings is 1. The monoisotopic (exact) mass is 366 g/mol. The summed E-state index contributed by atoms with van der Waals surface area (Å²) >= 11 is 0. The molecule has 5 nitrogen and oxygen atoms in total. The summed E-state index contributed by atoms with van der Waals surface area (Å²) in [5, 5.41) is 1.94. The zero-order valence-electron chi connectivity index (χ0n) is 16.1. The van der Waals surface area contributed by atoms with Crippen LogP contribution in [0, 0.1) is 5.92 Å². The number of ether oxygens (including phenoxy) is 1. The fourth-order valence-electron chi connectivity index (χ4n) is 4.51. The molecule has 0 spiro atoms. The normalized spacial score (nSPS) is 24.9. The molecule has 27 heavy (non-hydrogen) atoms. The molecule has 0 aliphatic carbocycles. The van der Waals surface area contributed by atoms with Gasteiger partial charge in [0.2, 0.25) is 0 Å². The Labute approximate surface area is 159 Å². The molecule has 2 aromatic rings. The zero-order valence-corrected chi connectivity index (χ0v) is 16.1. The number of nitrogens with zero attached hydrogens (tertiary/aromatic N) is 2. The van der Waals surface area contributed by atoms with E-state index in [9.17, 15) is 9.59 Å². The lowest BCUT2D eigenvalue weighted by Crippen LogP contribution is -2.49. The van der Waals surface area contributed by atoms with Crippen molar-refractivity contribution in [2.24, 2.45) is 5.92 Å². The molecule has 4 rings (SSSR count). The summed E-state index contributed by atoms with van der Waals surface area (Å²) in [5.74, 6) is 0.0204. The predicted molar refractivity (Wildman–Crippen MR) is 104 cm³/mol. The van der Waals surface area contributed by atoms with Crippen LogP contribution in [0.5, 0.6) is 0 Å². The number of hydrogen-bond acceptors (Lipinski definition) is 4. The van der Waals surface area contributed by atoms with Crippen LogP contribution in [0.25, 0.3) is 10.8 Å². The quantitative estimate of drug-likeness (QED) is 0.729. The summed E-state index contributed by atoms with van der Waals surface area (Å²) < 4.78 is 5.59. The topological polar surface area (TPSA) is 59.5 Å². The average Bonchev–Trinajstić information content (AvgIpc) is 2.89. The Morgan fingerprint density at radius 3 is 2.41 bits per heavy atom. The maximum absolute atomic E-state index is 13.2. The Morgan fingerprint density at radius 1 is 1.07 bits per heavy atom. The number of piperidine rings is 1. The average molecular weight is 366 g/mol. The van der Waals surface area contributed by atoms with Crippen molar-refractivity contribution in [1.82, 2.24) is 9.88 Å². The minimum absolute atomic E-state index is 0.0838. The minimum atomic E-state index is -0.504. The summed E-state index contributed by atoms with van der Waals surface area (Å²) in [6.45, 7) is 5.65. The van der Waals surface area contributed by atoms with E-state index in [1.165, 1.54) is 0 Å². The van der Waals surface area contributed by atoms with Crippen LogP contribution in [0.2, 0.25) is 0 Å². The van der Waals surface area contributed by atoms with Crippen LogP contribution in [-0.4, -0.2) is 39.4 Å². The Morgan fingerprint density at radius 2 is 1.74 bits per heavy atom. The van der Waals surface area contributed by atoms with E-state index in [0.717, 1.165) is 23.6 Å². The highest BCUT2D eigenvalue weighted by atomic mass is 16.6. The molecule has 2 atom stereocenters. The van der Waals surface area contributed by atoms with Crippen LogP contribution in [0.3, 0.4) is 0 Å². The van der Waals surface area contributed by atoms with Crippen LogP contribution >= 0.6 is 0 Å². The molecule has 2 unspecified atom stereocenters. The highest BCUT2D eigenvalue weighted by Gasteiger charge is 2.46. The van der Waals surface area contributed by atoms with Crippen LogP contribution in [0.4, 0.5) is 4.79 Å². The summed E-state index contributed by atoms with van der Waals surface area (Å²) in [4.78, 5) is 32.1. The standard InChI is InChI=1S/C22H26N2O3/c1-22(2,3)27-21(26)24-16-8-9-17(24)13-15(12-16)20(25)19-18-7-5-4-6-14(18)10-11-23-19/h4-7,10-11,15-17H,8-9,12-13H2,1-3H3. The molecule has 0 radical (unpaired) electrons. The van der Waals surface area contributed by atoms with Crippen LogP contribution in [-0.2, 0) is 4.74 Å². The second kappa shape index (κ2) is 6.63. The molecule has 0 saturated carbocycles. The first kappa shape index (κ1) is 18.0. The number of carbonyl (C=O) groups excluding carboxylic acids is 2. The molecule has 3 heterocycles. The van der Waals surface area contributed by atoms with Gasteiger partial charge in [0.05, 0.1) is 0 Å². The second-order valence-corrected chi connectivity index (χ2v) is 8.69. The molecule has 2 aliphatic rings. The zero-order chi connectivity index (χ0) is 19.2. The molecule has 5 heteroatoms. The largest absolute Gasteiger partial charge is 0.444 e. The number of fused-ring (bicyclic) bond motifs is 3. The van der Waals surface area contributed by atoms with E-state index in [4.69, 9.17) is 4.74 Å². The molecule has 2 fully saturated rings. The van der Waals surface area contributed by atoms with Gasteiger partial charge in [-0.05, 0) is 57.9 Å². The van der Waals surface area contributed by atoms with E-state index in [1.54, 1.807) is 6.20 Å². The van der Waals surface area contributed by atoms with Gasteiger partial charge in [0, 0.05) is 29.6 Å². The molecule has 142 valence electrons. The van der Waals surface area contributed by atoms with E-state index >= 15 is 0 Å². The van der Waals surface area contributed by atoms with Crippen molar-refractivity contribution >= 4 is 22.6 Å². The van der Waals surface area contributed by atoms with E-state index in [-0.39, 0.29) is 29.9 Å². The predicted octanol–water partition coefficient (Wildman–Crippen LogP) is 4.60. The van der Waals surface area contributed by atoms with E-state index in [1.807, 2.05) is 56.0 Å². The van der Waals surface area contributed by atoms with Crippen molar-refractivity contribution in [1.29, 1.82) is 0 Å². The van der Waals surface area contributed by atoms with E-state index < -0.39 is 5.60 Å². The van der Waals surface area contributed by atoms with Gasteiger partial charge in [-0.1, -0.05) is 24.3 Å². The Balaban J connectivity index is 1.54. The fraction of sp³-hybridized carbons (Fsp3) is 0.500. The summed E-state index contributed by atoms with van der Waals surface area (Å²) in [5.41, 5.74) is 0.0546. The maximum atomic E-state index is 13.2. The molecular weight excluding hydrogens is 340 g/mol. The summed E-state index contributed by atoms with van der Waals surface area (Å²) in [6, 6.07) is 9.97. The Hall–Kier alpha value is -2.43. The van der Waals surface area contributed by atoms with Gasteiger partial charge in [-0.15, -0.1) is 0 Å². The first-order valence-corrected chi connectivity index (χ1v) is 9.73. The Bertz CT molecular complexity index is 867. The molecule has 0 N–H and O–H groups in total. The molecule has 2 saturated heterocycles. The van der Waals surface area contributed by atoms with Gasteiger partial charge in [-0.3, -0.25) is 9.78 Å². The molecular formula is C22H26N2O3. The van der Waals surface area contributed by atoms with E-state index in [0.29, 0.717) is 18.5 Å².